The number of carbonyl (C=O) groups excluding carboxylic acids is 3. The Bertz CT molecular complexity index is 2380. The molecule has 62 heavy (non-hydrogen) atoms. The monoisotopic (exact) mass is 864 g/mol. The molecule has 0 bridgehead atoms. The molecule has 320 valence electrons. The molecule has 0 unspecified atom stereocenters. The van der Waals surface area contributed by atoms with Crippen molar-refractivity contribution in [2.75, 3.05) is 32.7 Å². The molecule has 6 aromatic rings. The molecule has 0 radical (unpaired) electrons. The summed E-state index contributed by atoms with van der Waals surface area (Å²) >= 11 is 3.28. The molecule has 1 N–H and O–H groups in total. The Balaban J connectivity index is 0.885. The Kier molecular flexibility index (Phi) is 14.7. The van der Waals surface area contributed by atoms with E-state index in [1.807, 2.05) is 82.9 Å². The Morgan fingerprint density at radius 2 is 1.37 bits per heavy atom. The van der Waals surface area contributed by atoms with Gasteiger partial charge in [0.05, 0.1) is 28.8 Å². The zero-order valence-corrected chi connectivity index (χ0v) is 37.2. The number of piperidine rings is 1. The Morgan fingerprint density at radius 1 is 0.742 bits per heavy atom. The van der Waals surface area contributed by atoms with Crippen molar-refractivity contribution < 1.29 is 14.4 Å². The summed E-state index contributed by atoms with van der Waals surface area (Å²) in [6.45, 7) is 7.10. The van der Waals surface area contributed by atoms with Gasteiger partial charge in [-0.1, -0.05) is 123 Å². The second-order valence-corrected chi connectivity index (χ2v) is 18.6. The van der Waals surface area contributed by atoms with Gasteiger partial charge in [0.25, 0.3) is 0 Å². The van der Waals surface area contributed by atoms with E-state index in [2.05, 4.69) is 65.7 Å². The molecule has 2 fully saturated rings. The van der Waals surface area contributed by atoms with Crippen LogP contribution in [0.4, 0.5) is 0 Å². The van der Waals surface area contributed by atoms with Crippen molar-refractivity contribution in [1.29, 1.82) is 0 Å². The van der Waals surface area contributed by atoms with Gasteiger partial charge in [0, 0.05) is 31.9 Å². The lowest BCUT2D eigenvalue weighted by Crippen LogP contribution is -2.42. The number of likely N-dealkylation sites (tertiary alicyclic amines) is 2. The van der Waals surface area contributed by atoms with E-state index in [9.17, 15) is 14.4 Å². The van der Waals surface area contributed by atoms with E-state index < -0.39 is 6.04 Å². The van der Waals surface area contributed by atoms with Gasteiger partial charge < -0.3 is 20.0 Å². The van der Waals surface area contributed by atoms with E-state index in [1.54, 1.807) is 22.7 Å². The highest BCUT2D eigenvalue weighted by Crippen LogP contribution is 2.39. The first-order chi connectivity index (χ1) is 30.4. The molecule has 3 amide bonds. The number of amides is 3. The summed E-state index contributed by atoms with van der Waals surface area (Å²) in [5, 5.41) is 4.98. The standard InChI is InChI=1S/C51H56N6O3S2/c1-2-28-56(48(59)33-37-14-6-3-7-15-37)36-47-52-34-44(61-47)40-24-20-38(21-25-40)39-22-26-41(27-23-39)45-35-53-50(62-45)43-18-12-32-57(43)51(60)49(42-16-8-4-9-17-42)54-46(58)19-13-31-55-29-10-5-11-30-55/h3-4,6-9,14-17,20-27,34-35,43,49H,2,5,10-13,18-19,28-33,36H2,1H3,(H,54,58)/t43-,49+/m0/s1. The van der Waals surface area contributed by atoms with Crippen molar-refractivity contribution in [3.8, 4) is 32.0 Å². The van der Waals surface area contributed by atoms with Crippen molar-refractivity contribution in [3.05, 3.63) is 143 Å². The van der Waals surface area contributed by atoms with Gasteiger partial charge >= 0.3 is 0 Å². The number of benzene rings is 4. The number of nitrogens with zero attached hydrogens (tertiary/aromatic N) is 5. The van der Waals surface area contributed by atoms with Crippen molar-refractivity contribution >= 4 is 40.4 Å². The molecule has 11 heteroatoms. The summed E-state index contributed by atoms with van der Waals surface area (Å²) in [4.78, 5) is 58.8. The van der Waals surface area contributed by atoms with E-state index >= 15 is 0 Å². The molecule has 9 nitrogen and oxygen atoms in total. The topological polar surface area (TPSA) is 98.7 Å². The van der Waals surface area contributed by atoms with Gasteiger partial charge in [0.15, 0.2) is 0 Å². The molecule has 2 aliphatic heterocycles. The van der Waals surface area contributed by atoms with Crippen LogP contribution in [0.15, 0.2) is 122 Å². The minimum atomic E-state index is -0.733. The van der Waals surface area contributed by atoms with Gasteiger partial charge in [-0.05, 0) is 91.5 Å². The maximum atomic E-state index is 14.3. The highest BCUT2D eigenvalue weighted by atomic mass is 32.1. The quantitative estimate of drug-likeness (QED) is 0.0981. The lowest BCUT2D eigenvalue weighted by atomic mass is 10.0. The highest BCUT2D eigenvalue weighted by molar-refractivity contribution is 7.15. The number of hydrogen-bond donors (Lipinski definition) is 1. The molecule has 2 atom stereocenters. The molecule has 0 aliphatic carbocycles. The van der Waals surface area contributed by atoms with Crippen LogP contribution in [-0.4, -0.2) is 75.1 Å². The van der Waals surface area contributed by atoms with Crippen LogP contribution in [0, 0.1) is 0 Å². The van der Waals surface area contributed by atoms with Crippen molar-refractivity contribution in [2.45, 2.75) is 83.3 Å². The fraction of sp³-hybridized carbons (Fsp3) is 0.353. The summed E-state index contributed by atoms with van der Waals surface area (Å²) < 4.78 is 0. The highest BCUT2D eigenvalue weighted by Gasteiger charge is 2.37. The van der Waals surface area contributed by atoms with E-state index in [0.717, 1.165) is 98.5 Å². The number of nitrogens with one attached hydrogen (secondary N) is 1. The van der Waals surface area contributed by atoms with Crippen LogP contribution >= 0.6 is 22.7 Å². The first-order valence-corrected chi connectivity index (χ1v) is 23.9. The van der Waals surface area contributed by atoms with E-state index in [1.165, 1.54) is 19.3 Å². The molecule has 8 rings (SSSR count). The first-order valence-electron chi connectivity index (χ1n) is 22.2. The second-order valence-electron chi connectivity index (χ2n) is 16.4. The van der Waals surface area contributed by atoms with Crippen LogP contribution in [-0.2, 0) is 27.3 Å². The largest absolute Gasteiger partial charge is 0.341 e. The van der Waals surface area contributed by atoms with Crippen molar-refractivity contribution in [1.82, 2.24) is 30.0 Å². The van der Waals surface area contributed by atoms with E-state index in [4.69, 9.17) is 9.97 Å². The van der Waals surface area contributed by atoms with Gasteiger partial charge in [-0.3, -0.25) is 14.4 Å². The minimum Gasteiger partial charge on any atom is -0.341 e. The normalized spacial score (nSPS) is 16.0. The Hall–Kier alpha value is -5.49. The van der Waals surface area contributed by atoms with Gasteiger partial charge in [-0.2, -0.15) is 0 Å². The lowest BCUT2D eigenvalue weighted by Gasteiger charge is -2.29. The fourth-order valence-corrected chi connectivity index (χ4v) is 10.6. The average Bonchev–Trinajstić information content (AvgIpc) is 4.12. The summed E-state index contributed by atoms with van der Waals surface area (Å²) in [7, 11) is 0. The summed E-state index contributed by atoms with van der Waals surface area (Å²) in [5.74, 6) is -0.0304. The maximum absolute atomic E-state index is 14.3. The Morgan fingerprint density at radius 3 is 2.05 bits per heavy atom. The predicted octanol–water partition coefficient (Wildman–Crippen LogP) is 10.4. The molecular weight excluding hydrogens is 809 g/mol. The average molecular weight is 865 g/mol. The molecule has 0 spiro atoms. The molecular formula is C51H56N6O3S2. The summed E-state index contributed by atoms with van der Waals surface area (Å²) in [6.07, 6.45) is 11.8. The molecule has 2 aromatic heterocycles. The first kappa shape index (κ1) is 43.2. The van der Waals surface area contributed by atoms with E-state index in [0.29, 0.717) is 32.5 Å². The predicted molar refractivity (Wildman–Crippen MR) is 250 cm³/mol. The Labute approximate surface area is 373 Å². The van der Waals surface area contributed by atoms with Crippen LogP contribution in [0.2, 0.25) is 0 Å². The SMILES string of the molecule is CCCN(Cc1ncc(-c2ccc(-c3ccc(-c4cnc([C@@H]5CCCN5C(=O)[C@H](NC(=O)CCCN5CCCCC5)c5ccccc5)s4)cc3)cc2)s1)C(=O)Cc1ccccc1. The number of carbonyl (C=O) groups is 3. The smallest absolute Gasteiger partial charge is 0.250 e. The van der Waals surface area contributed by atoms with Crippen LogP contribution in [0.3, 0.4) is 0 Å². The molecule has 4 heterocycles. The van der Waals surface area contributed by atoms with Crippen LogP contribution in [0.25, 0.3) is 32.0 Å². The fourth-order valence-electron chi connectivity index (χ4n) is 8.62. The summed E-state index contributed by atoms with van der Waals surface area (Å²) in [6, 6.07) is 35.8. The van der Waals surface area contributed by atoms with Crippen LogP contribution in [0.5, 0.6) is 0 Å². The third-order valence-electron chi connectivity index (χ3n) is 12.0. The van der Waals surface area contributed by atoms with Crippen molar-refractivity contribution in [3.63, 3.8) is 0 Å². The second kappa shape index (κ2) is 21.1. The molecule has 2 saturated heterocycles. The summed E-state index contributed by atoms with van der Waals surface area (Å²) in [5.41, 5.74) is 6.26. The number of hydrogen-bond acceptors (Lipinski definition) is 8. The van der Waals surface area contributed by atoms with Gasteiger partial charge in [0.1, 0.15) is 16.1 Å². The van der Waals surface area contributed by atoms with Crippen molar-refractivity contribution in [2.24, 2.45) is 0 Å². The van der Waals surface area contributed by atoms with Crippen LogP contribution < -0.4 is 5.32 Å². The number of rotatable bonds is 17. The third kappa shape index (κ3) is 10.9. The van der Waals surface area contributed by atoms with Gasteiger partial charge in [-0.15, -0.1) is 22.7 Å². The van der Waals surface area contributed by atoms with Gasteiger partial charge in [0.2, 0.25) is 17.7 Å². The molecule has 0 saturated carbocycles. The number of thiazole rings is 2. The van der Waals surface area contributed by atoms with Gasteiger partial charge in [-0.25, -0.2) is 9.97 Å². The third-order valence-corrected chi connectivity index (χ3v) is 14.1. The lowest BCUT2D eigenvalue weighted by molar-refractivity contribution is -0.137. The maximum Gasteiger partial charge on any atom is 0.250 e. The van der Waals surface area contributed by atoms with Crippen LogP contribution in [0.1, 0.15) is 91.5 Å². The zero-order chi connectivity index (χ0) is 42.7. The zero-order valence-electron chi connectivity index (χ0n) is 35.6. The minimum absolute atomic E-state index is 0.0735. The molecule has 4 aromatic carbocycles. The molecule has 2 aliphatic rings. The number of aromatic nitrogens is 2. The van der Waals surface area contributed by atoms with E-state index in [-0.39, 0.29) is 23.8 Å².